The Hall–Kier alpha value is -2.06. The minimum absolute atomic E-state index is 0.711. The third kappa shape index (κ3) is 2.35. The maximum atomic E-state index is 6.22. The number of para-hydroxylation sites is 2. The molecule has 0 spiro atoms. The van der Waals surface area contributed by atoms with Gasteiger partial charge in [0, 0.05) is 16.8 Å². The number of nitrogens with zero attached hydrogens (tertiary/aromatic N) is 1. The molecule has 0 unspecified atom stereocenters. The standard InChI is InChI=1S/C17H15ClN2/c1-11-6-5-7-13-16(10-12(2)19-17(11)13)20-15-9-4-3-8-14(15)18/h3-10H,1-2H3,(H,19,20). The van der Waals surface area contributed by atoms with E-state index in [1.807, 2.05) is 43.3 Å². The van der Waals surface area contributed by atoms with Crippen molar-refractivity contribution in [1.82, 2.24) is 4.98 Å². The molecule has 0 amide bonds. The Morgan fingerprint density at radius 1 is 0.950 bits per heavy atom. The molecular formula is C17H15ClN2. The molecule has 0 saturated heterocycles. The maximum Gasteiger partial charge on any atom is 0.0755 e. The van der Waals surface area contributed by atoms with Crippen molar-refractivity contribution in [2.45, 2.75) is 13.8 Å². The largest absolute Gasteiger partial charge is 0.354 e. The second-order valence-electron chi connectivity index (χ2n) is 4.89. The minimum Gasteiger partial charge on any atom is -0.354 e. The average molecular weight is 283 g/mol. The molecule has 1 heterocycles. The van der Waals surface area contributed by atoms with Crippen LogP contribution in [0.5, 0.6) is 0 Å². The van der Waals surface area contributed by atoms with E-state index < -0.39 is 0 Å². The Balaban J connectivity index is 2.17. The average Bonchev–Trinajstić information content (AvgIpc) is 2.42. The summed E-state index contributed by atoms with van der Waals surface area (Å²) in [6, 6.07) is 16.0. The van der Waals surface area contributed by atoms with Crippen LogP contribution in [0.4, 0.5) is 11.4 Å². The van der Waals surface area contributed by atoms with Gasteiger partial charge >= 0.3 is 0 Å². The lowest BCUT2D eigenvalue weighted by molar-refractivity contribution is 1.24. The molecule has 3 rings (SSSR count). The maximum absolute atomic E-state index is 6.22. The monoisotopic (exact) mass is 282 g/mol. The minimum atomic E-state index is 0.711. The molecule has 0 atom stereocenters. The van der Waals surface area contributed by atoms with Gasteiger partial charge in [0.25, 0.3) is 0 Å². The zero-order valence-corrected chi connectivity index (χ0v) is 12.2. The zero-order valence-electron chi connectivity index (χ0n) is 11.4. The highest BCUT2D eigenvalue weighted by Crippen LogP contribution is 2.30. The molecule has 3 heteroatoms. The number of pyridine rings is 1. The Morgan fingerprint density at radius 2 is 1.75 bits per heavy atom. The van der Waals surface area contributed by atoms with Crippen molar-refractivity contribution in [2.75, 3.05) is 5.32 Å². The summed E-state index contributed by atoms with van der Waals surface area (Å²) in [5.41, 5.74) is 5.13. The first kappa shape index (κ1) is 12.9. The van der Waals surface area contributed by atoms with E-state index >= 15 is 0 Å². The van der Waals surface area contributed by atoms with Crippen molar-refractivity contribution in [3.63, 3.8) is 0 Å². The van der Waals surface area contributed by atoms with E-state index in [-0.39, 0.29) is 0 Å². The fourth-order valence-electron chi connectivity index (χ4n) is 2.33. The van der Waals surface area contributed by atoms with Gasteiger partial charge < -0.3 is 5.32 Å². The highest BCUT2D eigenvalue weighted by Gasteiger charge is 2.07. The summed E-state index contributed by atoms with van der Waals surface area (Å²) >= 11 is 6.22. The van der Waals surface area contributed by atoms with Crippen LogP contribution in [0.2, 0.25) is 5.02 Å². The Bertz CT molecular complexity index is 781. The molecule has 20 heavy (non-hydrogen) atoms. The zero-order chi connectivity index (χ0) is 14.1. The SMILES string of the molecule is Cc1cc(Nc2ccccc2Cl)c2cccc(C)c2n1. The van der Waals surface area contributed by atoms with E-state index in [9.17, 15) is 0 Å². The number of anilines is 2. The van der Waals surface area contributed by atoms with Crippen LogP contribution in [0.1, 0.15) is 11.3 Å². The molecular weight excluding hydrogens is 268 g/mol. The normalized spacial score (nSPS) is 10.8. The van der Waals surface area contributed by atoms with Crippen molar-refractivity contribution >= 4 is 33.9 Å². The van der Waals surface area contributed by atoms with Crippen LogP contribution in [-0.4, -0.2) is 4.98 Å². The third-order valence-corrected chi connectivity index (χ3v) is 3.64. The summed E-state index contributed by atoms with van der Waals surface area (Å²) in [5.74, 6) is 0. The van der Waals surface area contributed by atoms with Gasteiger partial charge in [-0.05, 0) is 37.6 Å². The number of nitrogens with one attached hydrogen (secondary N) is 1. The van der Waals surface area contributed by atoms with Crippen molar-refractivity contribution in [3.05, 3.63) is 64.8 Å². The molecule has 2 aromatic carbocycles. The van der Waals surface area contributed by atoms with E-state index in [1.165, 1.54) is 5.56 Å². The van der Waals surface area contributed by atoms with Crippen LogP contribution in [-0.2, 0) is 0 Å². The number of benzene rings is 2. The highest BCUT2D eigenvalue weighted by atomic mass is 35.5. The summed E-state index contributed by atoms with van der Waals surface area (Å²) in [7, 11) is 0. The Labute approximate surface area is 123 Å². The molecule has 0 aliphatic carbocycles. The number of halogens is 1. The van der Waals surface area contributed by atoms with E-state index in [0.29, 0.717) is 5.02 Å². The molecule has 0 bridgehead atoms. The molecule has 3 aromatic rings. The van der Waals surface area contributed by atoms with Crippen LogP contribution < -0.4 is 5.32 Å². The number of aryl methyl sites for hydroxylation is 2. The summed E-state index contributed by atoms with van der Waals surface area (Å²) in [6.45, 7) is 4.08. The quantitative estimate of drug-likeness (QED) is 0.694. The molecule has 100 valence electrons. The fraction of sp³-hybridized carbons (Fsp3) is 0.118. The lowest BCUT2D eigenvalue weighted by Gasteiger charge is -2.13. The van der Waals surface area contributed by atoms with Crippen LogP contribution in [0, 0.1) is 13.8 Å². The van der Waals surface area contributed by atoms with Crippen LogP contribution in [0.25, 0.3) is 10.9 Å². The smallest absolute Gasteiger partial charge is 0.0755 e. The van der Waals surface area contributed by atoms with Gasteiger partial charge in [-0.1, -0.05) is 41.9 Å². The van der Waals surface area contributed by atoms with E-state index in [0.717, 1.165) is 28.0 Å². The molecule has 0 aliphatic heterocycles. The van der Waals surface area contributed by atoms with Gasteiger partial charge in [-0.15, -0.1) is 0 Å². The van der Waals surface area contributed by atoms with E-state index in [2.05, 4.69) is 29.4 Å². The molecule has 0 radical (unpaired) electrons. The van der Waals surface area contributed by atoms with Crippen molar-refractivity contribution in [1.29, 1.82) is 0 Å². The van der Waals surface area contributed by atoms with Crippen molar-refractivity contribution in [2.24, 2.45) is 0 Å². The van der Waals surface area contributed by atoms with Gasteiger partial charge in [0.2, 0.25) is 0 Å². The molecule has 1 aromatic heterocycles. The summed E-state index contributed by atoms with van der Waals surface area (Å²) < 4.78 is 0. The van der Waals surface area contributed by atoms with Gasteiger partial charge in [-0.3, -0.25) is 4.98 Å². The third-order valence-electron chi connectivity index (χ3n) is 3.31. The number of rotatable bonds is 2. The predicted octanol–water partition coefficient (Wildman–Crippen LogP) is 5.25. The highest BCUT2D eigenvalue weighted by molar-refractivity contribution is 6.33. The van der Waals surface area contributed by atoms with Crippen molar-refractivity contribution in [3.8, 4) is 0 Å². The Morgan fingerprint density at radius 3 is 2.55 bits per heavy atom. The number of fused-ring (bicyclic) bond motifs is 1. The first-order chi connectivity index (χ1) is 9.65. The number of aromatic nitrogens is 1. The molecule has 0 fully saturated rings. The second-order valence-corrected chi connectivity index (χ2v) is 5.29. The van der Waals surface area contributed by atoms with Gasteiger partial charge in [0.1, 0.15) is 0 Å². The topological polar surface area (TPSA) is 24.9 Å². The summed E-state index contributed by atoms with van der Waals surface area (Å²) in [6.07, 6.45) is 0. The van der Waals surface area contributed by atoms with Gasteiger partial charge in [-0.2, -0.15) is 0 Å². The summed E-state index contributed by atoms with van der Waals surface area (Å²) in [4.78, 5) is 4.63. The molecule has 0 saturated carbocycles. The molecule has 0 aliphatic rings. The first-order valence-corrected chi connectivity index (χ1v) is 6.91. The van der Waals surface area contributed by atoms with Gasteiger partial charge in [0.05, 0.1) is 16.2 Å². The lowest BCUT2D eigenvalue weighted by Crippen LogP contribution is -1.96. The van der Waals surface area contributed by atoms with E-state index in [4.69, 9.17) is 11.6 Å². The second kappa shape index (κ2) is 5.14. The number of hydrogen-bond donors (Lipinski definition) is 1. The van der Waals surface area contributed by atoms with E-state index in [1.54, 1.807) is 0 Å². The first-order valence-electron chi connectivity index (χ1n) is 6.53. The Kier molecular flexibility index (Phi) is 3.33. The molecule has 2 nitrogen and oxygen atoms in total. The summed E-state index contributed by atoms with van der Waals surface area (Å²) in [5, 5.41) is 5.23. The van der Waals surface area contributed by atoms with Crippen LogP contribution >= 0.6 is 11.6 Å². The van der Waals surface area contributed by atoms with Crippen LogP contribution in [0.3, 0.4) is 0 Å². The van der Waals surface area contributed by atoms with Crippen molar-refractivity contribution < 1.29 is 0 Å². The van der Waals surface area contributed by atoms with Gasteiger partial charge in [-0.25, -0.2) is 0 Å². The lowest BCUT2D eigenvalue weighted by atomic mass is 10.1. The fourth-order valence-corrected chi connectivity index (χ4v) is 2.51. The van der Waals surface area contributed by atoms with Crippen LogP contribution in [0.15, 0.2) is 48.5 Å². The number of hydrogen-bond acceptors (Lipinski definition) is 2. The predicted molar refractivity (Wildman–Crippen MR) is 86.0 cm³/mol. The molecule has 1 N–H and O–H groups in total. The van der Waals surface area contributed by atoms with Gasteiger partial charge in [0.15, 0.2) is 0 Å².